The molecule has 1 saturated carbocycles. The zero-order valence-corrected chi connectivity index (χ0v) is 18.4. The lowest BCUT2D eigenvalue weighted by Gasteiger charge is -2.47. The molecule has 0 saturated heterocycles. The number of hydrogen-bond acceptors (Lipinski definition) is 5. The quantitative estimate of drug-likeness (QED) is 0.560. The molecule has 0 unspecified atom stereocenters. The minimum absolute atomic E-state index is 0.269. The van der Waals surface area contributed by atoms with Crippen molar-refractivity contribution in [3.05, 3.63) is 52.8 Å². The highest BCUT2D eigenvalue weighted by Gasteiger charge is 2.46. The molecule has 2 N–H and O–H groups in total. The van der Waals surface area contributed by atoms with Crippen molar-refractivity contribution in [3.63, 3.8) is 0 Å². The highest BCUT2D eigenvalue weighted by atomic mass is 32.1. The minimum atomic E-state index is -0.559. The summed E-state index contributed by atoms with van der Waals surface area (Å²) in [7, 11) is 2.17. The normalized spacial score (nSPS) is 25.9. The molecule has 3 aliphatic rings. The smallest absolute Gasteiger partial charge is 0.119 e. The Morgan fingerprint density at radius 2 is 2.17 bits per heavy atom. The molecule has 3 aliphatic carbocycles. The minimum Gasteiger partial charge on any atom is -0.389 e. The molecule has 3 aromatic rings. The number of rotatable bonds is 8. The number of H-pyrrole nitrogens is 1. The molecular weight excluding hydrogens is 392 g/mol. The largest absolute Gasteiger partial charge is 0.389 e. The van der Waals surface area contributed by atoms with Crippen LogP contribution in [0, 0.1) is 11.8 Å². The number of nitrogens with one attached hydrogen (secondary N) is 1. The van der Waals surface area contributed by atoms with E-state index in [-0.39, 0.29) is 5.92 Å². The lowest BCUT2D eigenvalue weighted by Crippen LogP contribution is -2.48. The highest BCUT2D eigenvalue weighted by Crippen LogP contribution is 2.51. The van der Waals surface area contributed by atoms with Crippen molar-refractivity contribution in [3.8, 4) is 0 Å². The van der Waals surface area contributed by atoms with Crippen molar-refractivity contribution in [1.82, 2.24) is 19.9 Å². The summed E-state index contributed by atoms with van der Waals surface area (Å²) in [5.74, 6) is 1.79. The Kier molecular flexibility index (Phi) is 5.48. The van der Waals surface area contributed by atoms with Gasteiger partial charge in [-0.15, -0.1) is 11.3 Å². The van der Waals surface area contributed by atoms with Crippen LogP contribution >= 0.6 is 11.3 Å². The Morgan fingerprint density at radius 3 is 2.93 bits per heavy atom. The first-order chi connectivity index (χ1) is 14.6. The molecule has 0 amide bonds. The van der Waals surface area contributed by atoms with E-state index in [1.807, 2.05) is 23.7 Å². The van der Waals surface area contributed by atoms with E-state index in [2.05, 4.69) is 45.1 Å². The van der Waals surface area contributed by atoms with Gasteiger partial charge in [0, 0.05) is 30.5 Å². The molecule has 0 aliphatic heterocycles. The predicted octanol–water partition coefficient (Wildman–Crippen LogP) is 4.52. The predicted molar refractivity (Wildman–Crippen MR) is 122 cm³/mol. The maximum Gasteiger partial charge on any atom is 0.119 e. The van der Waals surface area contributed by atoms with Crippen molar-refractivity contribution >= 4 is 27.9 Å². The number of benzene rings is 1. The molecule has 0 radical (unpaired) electrons. The van der Waals surface area contributed by atoms with Gasteiger partial charge in [0.15, 0.2) is 0 Å². The van der Waals surface area contributed by atoms with Crippen LogP contribution in [0.25, 0.3) is 16.6 Å². The molecule has 0 spiro atoms. The van der Waals surface area contributed by atoms with Gasteiger partial charge in [-0.25, -0.2) is 9.97 Å². The number of aromatic amines is 1. The van der Waals surface area contributed by atoms with E-state index in [9.17, 15) is 5.11 Å². The summed E-state index contributed by atoms with van der Waals surface area (Å²) < 4.78 is 0. The van der Waals surface area contributed by atoms with Gasteiger partial charge in [-0.05, 0) is 69.3 Å². The van der Waals surface area contributed by atoms with Gasteiger partial charge >= 0.3 is 0 Å². The van der Waals surface area contributed by atoms with Gasteiger partial charge in [0.2, 0.25) is 0 Å². The molecular formula is C24H30N4OS. The van der Waals surface area contributed by atoms with Crippen LogP contribution in [0.4, 0.5) is 0 Å². The summed E-state index contributed by atoms with van der Waals surface area (Å²) >= 11 is 1.72. The summed E-state index contributed by atoms with van der Waals surface area (Å²) in [6, 6.07) is 8.19. The fraction of sp³-hybridized carbons (Fsp3) is 0.500. The first-order valence-electron chi connectivity index (χ1n) is 11.1. The molecule has 5 nitrogen and oxygen atoms in total. The second kappa shape index (κ2) is 8.25. The topological polar surface area (TPSA) is 65.0 Å². The average molecular weight is 423 g/mol. The Morgan fingerprint density at radius 1 is 1.27 bits per heavy atom. The SMILES string of the molecule is CN(CCCc1nc2ccccc2[nH]1)CC[C@@]1(O)C[C@@H]2CC[C@H]1C=C2c1nccs1. The summed E-state index contributed by atoms with van der Waals surface area (Å²) in [6.07, 6.45) is 10.3. The summed E-state index contributed by atoms with van der Waals surface area (Å²) in [4.78, 5) is 14.9. The monoisotopic (exact) mass is 422 g/mol. The number of nitrogens with zero attached hydrogens (tertiary/aromatic N) is 3. The van der Waals surface area contributed by atoms with Crippen LogP contribution in [0.2, 0.25) is 0 Å². The number of thiazole rings is 1. The van der Waals surface area contributed by atoms with Gasteiger partial charge in [0.1, 0.15) is 10.8 Å². The van der Waals surface area contributed by atoms with Crippen molar-refractivity contribution in [2.45, 2.75) is 44.1 Å². The van der Waals surface area contributed by atoms with E-state index in [1.54, 1.807) is 11.3 Å². The van der Waals surface area contributed by atoms with Gasteiger partial charge in [-0.2, -0.15) is 0 Å². The first-order valence-corrected chi connectivity index (χ1v) is 11.9. The Hall–Kier alpha value is -2.02. The highest BCUT2D eigenvalue weighted by molar-refractivity contribution is 7.10. The first kappa shape index (κ1) is 19.9. The van der Waals surface area contributed by atoms with Crippen LogP contribution in [-0.2, 0) is 6.42 Å². The Bertz CT molecular complexity index is 994. The molecule has 6 rings (SSSR count). The average Bonchev–Trinajstić information content (AvgIpc) is 3.42. The summed E-state index contributed by atoms with van der Waals surface area (Å²) in [5.41, 5.74) is 2.97. The van der Waals surface area contributed by atoms with Crippen LogP contribution in [0.3, 0.4) is 0 Å². The van der Waals surface area contributed by atoms with Crippen molar-refractivity contribution < 1.29 is 5.11 Å². The molecule has 2 heterocycles. The Balaban J connectivity index is 1.12. The standard InChI is InChI=1S/C24H30N4OS/c1-28(12-4-7-22-26-20-5-2-3-6-21(20)27-22)13-10-24(29)16-17-8-9-18(24)15-19(17)23-25-11-14-30-23/h2-3,5-6,11,14-15,17-18,29H,4,7-10,12-13,16H2,1H3,(H,26,27)/t17-,18-,24+/m0/s1. The third-order valence-electron chi connectivity index (χ3n) is 6.93. The number of aryl methyl sites for hydroxylation is 1. The number of hydrogen-bond donors (Lipinski definition) is 2. The van der Waals surface area contributed by atoms with Gasteiger partial charge in [-0.1, -0.05) is 18.2 Å². The van der Waals surface area contributed by atoms with Crippen LogP contribution in [0.1, 0.15) is 42.9 Å². The number of para-hydroxylation sites is 2. The maximum absolute atomic E-state index is 11.4. The third kappa shape index (κ3) is 3.96. The van der Waals surface area contributed by atoms with E-state index >= 15 is 0 Å². The zero-order chi connectivity index (χ0) is 20.6. The van der Waals surface area contributed by atoms with Gasteiger partial charge < -0.3 is 15.0 Å². The number of aromatic nitrogens is 3. The van der Waals surface area contributed by atoms with E-state index in [4.69, 9.17) is 0 Å². The van der Waals surface area contributed by atoms with Gasteiger partial charge in [0.05, 0.1) is 16.6 Å². The Labute approximate surface area is 181 Å². The molecule has 2 bridgehead atoms. The van der Waals surface area contributed by atoms with Crippen LogP contribution < -0.4 is 0 Å². The number of allylic oxidation sites excluding steroid dienone is 1. The molecule has 6 heteroatoms. The van der Waals surface area contributed by atoms with Gasteiger partial charge in [0.25, 0.3) is 0 Å². The van der Waals surface area contributed by atoms with Crippen LogP contribution in [0.5, 0.6) is 0 Å². The second-order valence-electron chi connectivity index (χ2n) is 9.01. The maximum atomic E-state index is 11.4. The summed E-state index contributed by atoms with van der Waals surface area (Å²) in [6.45, 7) is 1.95. The van der Waals surface area contributed by atoms with Gasteiger partial charge in [-0.3, -0.25) is 0 Å². The lowest BCUT2D eigenvalue weighted by molar-refractivity contribution is -0.0574. The zero-order valence-electron chi connectivity index (χ0n) is 17.6. The fourth-order valence-electron chi connectivity index (χ4n) is 5.22. The molecule has 3 atom stereocenters. The molecule has 1 aromatic carbocycles. The number of aliphatic hydroxyl groups is 1. The van der Waals surface area contributed by atoms with Crippen LogP contribution in [0.15, 0.2) is 41.9 Å². The molecule has 2 aromatic heterocycles. The summed E-state index contributed by atoms with van der Waals surface area (Å²) in [5, 5.41) is 14.6. The molecule has 158 valence electrons. The van der Waals surface area contributed by atoms with E-state index in [0.29, 0.717) is 5.92 Å². The van der Waals surface area contributed by atoms with E-state index < -0.39 is 5.60 Å². The second-order valence-corrected chi connectivity index (χ2v) is 9.90. The third-order valence-corrected chi connectivity index (χ3v) is 7.76. The number of imidazole rings is 1. The molecule has 1 fully saturated rings. The van der Waals surface area contributed by atoms with E-state index in [0.717, 1.165) is 67.1 Å². The molecule has 30 heavy (non-hydrogen) atoms. The van der Waals surface area contributed by atoms with Crippen molar-refractivity contribution in [1.29, 1.82) is 0 Å². The van der Waals surface area contributed by atoms with Crippen molar-refractivity contribution in [2.75, 3.05) is 20.1 Å². The van der Waals surface area contributed by atoms with E-state index in [1.165, 1.54) is 12.0 Å². The van der Waals surface area contributed by atoms with Crippen LogP contribution in [-0.4, -0.2) is 50.7 Å². The lowest BCUT2D eigenvalue weighted by atomic mass is 9.62. The fourth-order valence-corrected chi connectivity index (χ4v) is 5.97. The number of fused-ring (bicyclic) bond motifs is 3. The van der Waals surface area contributed by atoms with Crippen molar-refractivity contribution in [2.24, 2.45) is 11.8 Å².